The Kier molecular flexibility index (Phi) is 3.75. The van der Waals surface area contributed by atoms with Crippen molar-refractivity contribution >= 4 is 6.08 Å². The van der Waals surface area contributed by atoms with Gasteiger partial charge >= 0.3 is 12.4 Å². The fourth-order valence-corrected chi connectivity index (χ4v) is 1.13. The number of hydrogen-bond donors (Lipinski definition) is 1. The molecule has 0 saturated heterocycles. The van der Waals surface area contributed by atoms with Gasteiger partial charge in [0.05, 0.1) is 0 Å². The maximum absolute atomic E-state index is 12.3. The molecule has 7 heteroatoms. The van der Waals surface area contributed by atoms with Gasteiger partial charge < -0.3 is 5.11 Å². The standard InChI is InChI=1S/C11H8F6O/c12-10(13,14)9(18,11(15,16)17)7-6-8-4-2-1-3-5-8/h1-7,18H. The molecule has 0 unspecified atom stereocenters. The molecule has 0 saturated carbocycles. The quantitative estimate of drug-likeness (QED) is 0.815. The molecule has 18 heavy (non-hydrogen) atoms. The molecule has 0 fully saturated rings. The van der Waals surface area contributed by atoms with E-state index in [1.54, 1.807) is 6.07 Å². The van der Waals surface area contributed by atoms with Gasteiger partial charge in [0.25, 0.3) is 5.60 Å². The van der Waals surface area contributed by atoms with Gasteiger partial charge in [0, 0.05) is 0 Å². The lowest BCUT2D eigenvalue weighted by atomic mass is 10.0. The normalized spacial score (nSPS) is 14.2. The van der Waals surface area contributed by atoms with Crippen LogP contribution in [0.15, 0.2) is 36.4 Å². The van der Waals surface area contributed by atoms with Gasteiger partial charge in [-0.1, -0.05) is 36.4 Å². The summed E-state index contributed by atoms with van der Waals surface area (Å²) in [6.07, 6.45) is -11.4. The Morgan fingerprint density at radius 2 is 1.28 bits per heavy atom. The molecule has 0 aliphatic rings. The molecule has 1 nitrogen and oxygen atoms in total. The molecule has 0 bridgehead atoms. The van der Waals surface area contributed by atoms with Crippen molar-refractivity contribution < 1.29 is 31.4 Å². The van der Waals surface area contributed by atoms with Crippen LogP contribution in [0.25, 0.3) is 6.08 Å². The predicted molar refractivity (Wildman–Crippen MR) is 52.5 cm³/mol. The summed E-state index contributed by atoms with van der Waals surface area (Å²) in [5.41, 5.74) is -4.74. The highest BCUT2D eigenvalue weighted by molar-refractivity contribution is 5.50. The minimum absolute atomic E-state index is 0.115. The molecule has 0 amide bonds. The van der Waals surface area contributed by atoms with Crippen LogP contribution in [0.2, 0.25) is 0 Å². The molecule has 1 N–H and O–H groups in total. The highest BCUT2D eigenvalue weighted by Crippen LogP contribution is 2.44. The Morgan fingerprint density at radius 3 is 1.67 bits per heavy atom. The second-order valence-electron chi connectivity index (χ2n) is 3.51. The van der Waals surface area contributed by atoms with E-state index in [9.17, 15) is 26.3 Å². The molecule has 1 aromatic rings. The first-order chi connectivity index (χ1) is 8.08. The average Bonchev–Trinajstić information content (AvgIpc) is 2.24. The zero-order valence-electron chi connectivity index (χ0n) is 8.76. The summed E-state index contributed by atoms with van der Waals surface area (Å²) in [7, 11) is 0. The third kappa shape index (κ3) is 2.84. The van der Waals surface area contributed by atoms with Crippen molar-refractivity contribution in [3.05, 3.63) is 42.0 Å². The van der Waals surface area contributed by atoms with Crippen LogP contribution in [-0.4, -0.2) is 23.1 Å². The number of benzene rings is 1. The summed E-state index contributed by atoms with van der Waals surface area (Å²) < 4.78 is 73.7. The lowest BCUT2D eigenvalue weighted by molar-refractivity contribution is -0.347. The maximum Gasteiger partial charge on any atom is 0.430 e. The van der Waals surface area contributed by atoms with Crippen LogP contribution in [0.1, 0.15) is 5.56 Å². The van der Waals surface area contributed by atoms with E-state index in [-0.39, 0.29) is 11.6 Å². The Bertz CT molecular complexity index is 403. The summed E-state index contributed by atoms with van der Waals surface area (Å²) in [5, 5.41) is 8.81. The zero-order valence-corrected chi connectivity index (χ0v) is 8.76. The third-order valence-corrected chi connectivity index (χ3v) is 2.18. The first kappa shape index (κ1) is 14.6. The van der Waals surface area contributed by atoms with Gasteiger partial charge in [0.2, 0.25) is 0 Å². The fourth-order valence-electron chi connectivity index (χ4n) is 1.13. The summed E-state index contributed by atoms with van der Waals surface area (Å²) in [4.78, 5) is 0. The van der Waals surface area contributed by atoms with Crippen molar-refractivity contribution in [2.75, 3.05) is 0 Å². The molecule has 0 atom stereocenters. The second-order valence-corrected chi connectivity index (χ2v) is 3.51. The van der Waals surface area contributed by atoms with Crippen LogP contribution < -0.4 is 0 Å². The van der Waals surface area contributed by atoms with E-state index in [2.05, 4.69) is 0 Å². The number of rotatable bonds is 2. The molecule has 0 aliphatic carbocycles. The number of aliphatic hydroxyl groups is 1. The number of hydrogen-bond acceptors (Lipinski definition) is 1. The highest BCUT2D eigenvalue weighted by atomic mass is 19.4. The summed E-state index contributed by atoms with van der Waals surface area (Å²) >= 11 is 0. The lowest BCUT2D eigenvalue weighted by Crippen LogP contribution is -2.55. The van der Waals surface area contributed by atoms with Gasteiger partial charge in [-0.25, -0.2) is 0 Å². The van der Waals surface area contributed by atoms with Crippen molar-refractivity contribution in [1.82, 2.24) is 0 Å². The number of halogens is 6. The molecule has 0 spiro atoms. The van der Waals surface area contributed by atoms with Crippen molar-refractivity contribution in [2.45, 2.75) is 18.0 Å². The minimum Gasteiger partial charge on any atom is -0.370 e. The molecular formula is C11H8F6O. The maximum atomic E-state index is 12.3. The SMILES string of the molecule is OC(C=Cc1ccccc1)(C(F)(F)F)C(F)(F)F. The predicted octanol–water partition coefficient (Wildman–Crippen LogP) is 3.56. The van der Waals surface area contributed by atoms with E-state index >= 15 is 0 Å². The molecule has 0 radical (unpaired) electrons. The smallest absolute Gasteiger partial charge is 0.370 e. The van der Waals surface area contributed by atoms with E-state index in [1.165, 1.54) is 24.3 Å². The molecule has 0 heterocycles. The van der Waals surface area contributed by atoms with E-state index < -0.39 is 18.0 Å². The highest BCUT2D eigenvalue weighted by Gasteiger charge is 2.68. The van der Waals surface area contributed by atoms with Gasteiger partial charge in [0.1, 0.15) is 0 Å². The van der Waals surface area contributed by atoms with Gasteiger partial charge in [-0.2, -0.15) is 26.3 Å². The Hall–Kier alpha value is -1.50. The minimum atomic E-state index is -5.84. The summed E-state index contributed by atoms with van der Waals surface area (Å²) in [5.74, 6) is 0. The van der Waals surface area contributed by atoms with Crippen molar-refractivity contribution in [3.8, 4) is 0 Å². The molecular weight excluding hydrogens is 262 g/mol. The van der Waals surface area contributed by atoms with Gasteiger partial charge in [-0.15, -0.1) is 0 Å². The first-order valence-corrected chi connectivity index (χ1v) is 4.68. The summed E-state index contributed by atoms with van der Waals surface area (Å²) in [6, 6.07) is 7.06. The van der Waals surface area contributed by atoms with Gasteiger partial charge in [0.15, 0.2) is 0 Å². The van der Waals surface area contributed by atoms with Crippen molar-refractivity contribution in [3.63, 3.8) is 0 Å². The number of alkyl halides is 6. The van der Waals surface area contributed by atoms with Crippen molar-refractivity contribution in [1.29, 1.82) is 0 Å². The molecule has 0 aromatic heterocycles. The van der Waals surface area contributed by atoms with Crippen LogP contribution in [0.4, 0.5) is 26.3 Å². The summed E-state index contributed by atoms with van der Waals surface area (Å²) in [6.45, 7) is 0. The van der Waals surface area contributed by atoms with Crippen LogP contribution in [0.5, 0.6) is 0 Å². The molecule has 1 rings (SSSR count). The van der Waals surface area contributed by atoms with E-state index in [4.69, 9.17) is 5.11 Å². The largest absolute Gasteiger partial charge is 0.430 e. The molecule has 1 aromatic carbocycles. The Labute approximate surface area is 98.4 Å². The van der Waals surface area contributed by atoms with Gasteiger partial charge in [-0.3, -0.25) is 0 Å². The molecule has 100 valence electrons. The monoisotopic (exact) mass is 270 g/mol. The zero-order chi connectivity index (χ0) is 14.0. The van der Waals surface area contributed by atoms with E-state index in [0.29, 0.717) is 6.08 Å². The molecule has 0 aliphatic heterocycles. The topological polar surface area (TPSA) is 20.2 Å². The fraction of sp³-hybridized carbons (Fsp3) is 0.273. The van der Waals surface area contributed by atoms with Crippen LogP contribution in [0.3, 0.4) is 0 Å². The Balaban J connectivity index is 3.13. The van der Waals surface area contributed by atoms with E-state index in [0.717, 1.165) is 0 Å². The first-order valence-electron chi connectivity index (χ1n) is 4.68. The van der Waals surface area contributed by atoms with Crippen LogP contribution in [-0.2, 0) is 0 Å². The average molecular weight is 270 g/mol. The van der Waals surface area contributed by atoms with E-state index in [1.807, 2.05) is 0 Å². The van der Waals surface area contributed by atoms with Crippen LogP contribution >= 0.6 is 0 Å². The Morgan fingerprint density at radius 1 is 0.833 bits per heavy atom. The van der Waals surface area contributed by atoms with Gasteiger partial charge in [-0.05, 0) is 11.6 Å². The van der Waals surface area contributed by atoms with Crippen LogP contribution in [0, 0.1) is 0 Å². The van der Waals surface area contributed by atoms with Crippen molar-refractivity contribution in [2.24, 2.45) is 0 Å². The second kappa shape index (κ2) is 4.64. The third-order valence-electron chi connectivity index (χ3n) is 2.18. The lowest BCUT2D eigenvalue weighted by Gasteiger charge is -2.29.